The van der Waals surface area contributed by atoms with E-state index in [1.54, 1.807) is 0 Å². The molecule has 1 heterocycles. The number of benzene rings is 1. The molecular formula is C19H30N2O2. The van der Waals surface area contributed by atoms with Gasteiger partial charge in [0.15, 0.2) is 0 Å². The van der Waals surface area contributed by atoms with Crippen molar-refractivity contribution in [3.63, 3.8) is 0 Å². The summed E-state index contributed by atoms with van der Waals surface area (Å²) in [6.07, 6.45) is 2.02. The highest BCUT2D eigenvalue weighted by Crippen LogP contribution is 2.21. The Balaban J connectivity index is 1.84. The Morgan fingerprint density at radius 1 is 1.35 bits per heavy atom. The lowest BCUT2D eigenvalue weighted by molar-refractivity contribution is 0.0466. The van der Waals surface area contributed by atoms with E-state index in [4.69, 9.17) is 4.74 Å². The topological polar surface area (TPSA) is 41.6 Å². The summed E-state index contributed by atoms with van der Waals surface area (Å²) in [7, 11) is 0. The number of piperidine rings is 1. The van der Waals surface area contributed by atoms with Crippen molar-refractivity contribution in [2.24, 2.45) is 5.92 Å². The van der Waals surface area contributed by atoms with Gasteiger partial charge in [0.1, 0.15) is 5.60 Å². The van der Waals surface area contributed by atoms with Gasteiger partial charge in [-0.3, -0.25) is 4.90 Å². The number of alkyl carbamates (subject to hydrolysis) is 1. The number of nitrogens with one attached hydrogen (secondary N) is 1. The minimum Gasteiger partial charge on any atom is -0.444 e. The molecule has 1 aliphatic heterocycles. The third kappa shape index (κ3) is 6.22. The molecule has 2 atom stereocenters. The summed E-state index contributed by atoms with van der Waals surface area (Å²) in [6.45, 7) is 10.9. The maximum absolute atomic E-state index is 11.9. The largest absolute Gasteiger partial charge is 0.444 e. The molecule has 1 fully saturated rings. The second-order valence-corrected chi connectivity index (χ2v) is 7.56. The number of amides is 1. The van der Waals surface area contributed by atoms with Crippen LogP contribution in [0.15, 0.2) is 30.3 Å². The second kappa shape index (κ2) is 7.82. The third-order valence-corrected chi connectivity index (χ3v) is 4.24. The molecule has 128 valence electrons. The lowest BCUT2D eigenvalue weighted by Gasteiger charge is -2.36. The van der Waals surface area contributed by atoms with E-state index in [9.17, 15) is 4.79 Å². The molecule has 2 unspecified atom stereocenters. The van der Waals surface area contributed by atoms with E-state index in [0.29, 0.717) is 5.92 Å². The van der Waals surface area contributed by atoms with Crippen molar-refractivity contribution in [2.45, 2.75) is 58.7 Å². The normalized spacial score (nSPS) is 20.8. The fraction of sp³-hybridized carbons (Fsp3) is 0.632. The molecular weight excluding hydrogens is 288 g/mol. The number of hydrogen-bond donors (Lipinski definition) is 1. The molecule has 1 aromatic carbocycles. The SMILES string of the molecule is CC(NC(=O)OC(C)(C)C)C1CCCN(Cc2ccccc2)C1. The Bertz CT molecular complexity index is 496. The fourth-order valence-electron chi connectivity index (χ4n) is 3.10. The van der Waals surface area contributed by atoms with Crippen molar-refractivity contribution >= 4 is 6.09 Å². The van der Waals surface area contributed by atoms with E-state index in [1.165, 1.54) is 12.0 Å². The maximum atomic E-state index is 11.9. The quantitative estimate of drug-likeness (QED) is 0.918. The first-order valence-corrected chi connectivity index (χ1v) is 8.59. The number of carbonyl (C=O) groups excluding carboxylic acids is 1. The number of likely N-dealkylation sites (tertiary alicyclic amines) is 1. The number of carbonyl (C=O) groups is 1. The standard InChI is InChI=1S/C19H30N2O2/c1-15(20-18(22)23-19(2,3)4)17-11-8-12-21(14-17)13-16-9-6-5-7-10-16/h5-7,9-10,15,17H,8,11-14H2,1-4H3,(H,20,22). The molecule has 1 N–H and O–H groups in total. The zero-order valence-electron chi connectivity index (χ0n) is 14.8. The van der Waals surface area contributed by atoms with Gasteiger partial charge in [0.25, 0.3) is 0 Å². The van der Waals surface area contributed by atoms with E-state index < -0.39 is 5.60 Å². The first-order valence-electron chi connectivity index (χ1n) is 8.59. The molecule has 0 radical (unpaired) electrons. The van der Waals surface area contributed by atoms with Crippen LogP contribution in [0.25, 0.3) is 0 Å². The number of hydrogen-bond acceptors (Lipinski definition) is 3. The second-order valence-electron chi connectivity index (χ2n) is 7.56. The van der Waals surface area contributed by atoms with Crippen molar-refractivity contribution in [3.05, 3.63) is 35.9 Å². The van der Waals surface area contributed by atoms with Crippen molar-refractivity contribution in [3.8, 4) is 0 Å². The van der Waals surface area contributed by atoms with Crippen LogP contribution >= 0.6 is 0 Å². The van der Waals surface area contributed by atoms with Crippen molar-refractivity contribution in [1.82, 2.24) is 10.2 Å². The van der Waals surface area contributed by atoms with Crippen molar-refractivity contribution in [1.29, 1.82) is 0 Å². The van der Waals surface area contributed by atoms with Gasteiger partial charge in [-0.1, -0.05) is 30.3 Å². The van der Waals surface area contributed by atoms with Gasteiger partial charge in [-0.15, -0.1) is 0 Å². The zero-order valence-corrected chi connectivity index (χ0v) is 14.8. The maximum Gasteiger partial charge on any atom is 0.407 e. The molecule has 1 aliphatic rings. The Kier molecular flexibility index (Phi) is 6.05. The van der Waals surface area contributed by atoms with Crippen LogP contribution in [0, 0.1) is 5.92 Å². The Labute approximate surface area is 140 Å². The van der Waals surface area contributed by atoms with E-state index in [1.807, 2.05) is 20.8 Å². The Morgan fingerprint density at radius 2 is 2.04 bits per heavy atom. The molecule has 1 aromatic rings. The summed E-state index contributed by atoms with van der Waals surface area (Å²) in [5.41, 5.74) is 0.899. The molecule has 23 heavy (non-hydrogen) atoms. The van der Waals surface area contributed by atoms with E-state index in [2.05, 4.69) is 47.5 Å². The minimum absolute atomic E-state index is 0.128. The van der Waals surface area contributed by atoms with Crippen LogP contribution in [0.5, 0.6) is 0 Å². The van der Waals surface area contributed by atoms with Crippen LogP contribution in [0.4, 0.5) is 4.79 Å². The smallest absolute Gasteiger partial charge is 0.407 e. The molecule has 4 nitrogen and oxygen atoms in total. The summed E-state index contributed by atoms with van der Waals surface area (Å²) in [6, 6.07) is 10.7. The van der Waals surface area contributed by atoms with Gasteiger partial charge in [-0.2, -0.15) is 0 Å². The van der Waals surface area contributed by atoms with Gasteiger partial charge in [0, 0.05) is 19.1 Å². The lowest BCUT2D eigenvalue weighted by Crippen LogP contribution is -2.47. The van der Waals surface area contributed by atoms with Gasteiger partial charge in [-0.25, -0.2) is 4.79 Å². The highest BCUT2D eigenvalue weighted by Gasteiger charge is 2.27. The predicted octanol–water partition coefficient (Wildman–Crippen LogP) is 3.81. The van der Waals surface area contributed by atoms with E-state index >= 15 is 0 Å². The third-order valence-electron chi connectivity index (χ3n) is 4.24. The highest BCUT2D eigenvalue weighted by molar-refractivity contribution is 5.68. The summed E-state index contributed by atoms with van der Waals surface area (Å²) >= 11 is 0. The molecule has 1 amide bonds. The average molecular weight is 318 g/mol. The number of ether oxygens (including phenoxy) is 1. The molecule has 4 heteroatoms. The molecule has 0 spiro atoms. The first kappa shape index (κ1) is 17.8. The van der Waals surface area contributed by atoms with Gasteiger partial charge >= 0.3 is 6.09 Å². The molecule has 0 saturated carbocycles. The molecule has 0 aliphatic carbocycles. The van der Waals surface area contributed by atoms with Crippen LogP contribution < -0.4 is 5.32 Å². The van der Waals surface area contributed by atoms with Gasteiger partial charge in [-0.05, 0) is 58.6 Å². The molecule has 2 rings (SSSR count). The monoisotopic (exact) mass is 318 g/mol. The van der Waals surface area contributed by atoms with Gasteiger partial charge in [0.05, 0.1) is 0 Å². The van der Waals surface area contributed by atoms with Crippen LogP contribution in [0.1, 0.15) is 46.1 Å². The fourth-order valence-corrected chi connectivity index (χ4v) is 3.10. The highest BCUT2D eigenvalue weighted by atomic mass is 16.6. The van der Waals surface area contributed by atoms with Crippen LogP contribution in [-0.4, -0.2) is 35.7 Å². The summed E-state index contributed by atoms with van der Waals surface area (Å²) < 4.78 is 5.36. The van der Waals surface area contributed by atoms with Crippen molar-refractivity contribution < 1.29 is 9.53 Å². The summed E-state index contributed by atoms with van der Waals surface area (Å²) in [4.78, 5) is 14.4. The van der Waals surface area contributed by atoms with Crippen LogP contribution in [-0.2, 0) is 11.3 Å². The Morgan fingerprint density at radius 3 is 2.70 bits per heavy atom. The minimum atomic E-state index is -0.449. The molecule has 0 bridgehead atoms. The predicted molar refractivity (Wildman–Crippen MR) is 93.3 cm³/mol. The van der Waals surface area contributed by atoms with Crippen LogP contribution in [0.3, 0.4) is 0 Å². The van der Waals surface area contributed by atoms with E-state index in [0.717, 1.165) is 26.1 Å². The first-order chi connectivity index (χ1) is 10.8. The van der Waals surface area contributed by atoms with Gasteiger partial charge in [0.2, 0.25) is 0 Å². The average Bonchev–Trinajstić information content (AvgIpc) is 2.46. The summed E-state index contributed by atoms with van der Waals surface area (Å²) in [5, 5.41) is 3.00. The molecule has 1 saturated heterocycles. The lowest BCUT2D eigenvalue weighted by atomic mass is 9.91. The van der Waals surface area contributed by atoms with Crippen molar-refractivity contribution in [2.75, 3.05) is 13.1 Å². The summed E-state index contributed by atoms with van der Waals surface area (Å²) in [5.74, 6) is 0.472. The van der Waals surface area contributed by atoms with Gasteiger partial charge < -0.3 is 10.1 Å². The number of nitrogens with zero attached hydrogens (tertiary/aromatic N) is 1. The number of rotatable bonds is 4. The van der Waals surface area contributed by atoms with E-state index in [-0.39, 0.29) is 12.1 Å². The zero-order chi connectivity index (χ0) is 16.9. The Hall–Kier alpha value is -1.55. The molecule has 0 aromatic heterocycles. The van der Waals surface area contributed by atoms with Crippen LogP contribution in [0.2, 0.25) is 0 Å².